The fourth-order valence-corrected chi connectivity index (χ4v) is 1.41. The summed E-state index contributed by atoms with van der Waals surface area (Å²) < 4.78 is 0. The van der Waals surface area contributed by atoms with Gasteiger partial charge in [-0.15, -0.1) is 0 Å². The topological polar surface area (TPSA) is 40.7 Å². The van der Waals surface area contributed by atoms with Crippen LogP contribution in [0, 0.1) is 5.92 Å². The fourth-order valence-electron chi connectivity index (χ4n) is 1.41. The Morgan fingerprint density at radius 1 is 1.54 bits per heavy atom. The van der Waals surface area contributed by atoms with Gasteiger partial charge in [0.05, 0.1) is 0 Å². The van der Waals surface area contributed by atoms with E-state index in [9.17, 15) is 0 Å². The van der Waals surface area contributed by atoms with Crippen LogP contribution in [-0.2, 0) is 0 Å². The summed E-state index contributed by atoms with van der Waals surface area (Å²) in [6, 6.07) is 0.487. The van der Waals surface area contributed by atoms with E-state index in [1.807, 2.05) is 6.20 Å². The van der Waals surface area contributed by atoms with Gasteiger partial charge in [-0.25, -0.2) is 4.98 Å². The molecule has 3 nitrogen and oxygen atoms in total. The Balaban J connectivity index is 2.29. The molecular formula is C10H19N3. The Labute approximate surface area is 80.0 Å². The zero-order valence-corrected chi connectivity index (χ0v) is 8.67. The number of aromatic amines is 1. The summed E-state index contributed by atoms with van der Waals surface area (Å²) in [4.78, 5) is 7.16. The first-order valence-electron chi connectivity index (χ1n) is 4.98. The van der Waals surface area contributed by atoms with Crippen molar-refractivity contribution in [3.8, 4) is 0 Å². The van der Waals surface area contributed by atoms with E-state index < -0.39 is 0 Å². The second-order valence-electron chi connectivity index (χ2n) is 3.73. The van der Waals surface area contributed by atoms with Crippen LogP contribution in [-0.4, -0.2) is 16.0 Å². The van der Waals surface area contributed by atoms with Crippen molar-refractivity contribution in [2.75, 3.05) is 5.32 Å². The third-order valence-corrected chi connectivity index (χ3v) is 2.33. The van der Waals surface area contributed by atoms with E-state index in [0.29, 0.717) is 6.04 Å². The van der Waals surface area contributed by atoms with Crippen LogP contribution < -0.4 is 5.32 Å². The molecule has 0 aliphatic rings. The molecule has 13 heavy (non-hydrogen) atoms. The Kier molecular flexibility index (Phi) is 3.80. The van der Waals surface area contributed by atoms with Gasteiger partial charge in [-0.05, 0) is 19.3 Å². The molecule has 0 saturated carbocycles. The van der Waals surface area contributed by atoms with E-state index in [0.717, 1.165) is 11.9 Å². The quantitative estimate of drug-likeness (QED) is 0.733. The molecular weight excluding hydrogens is 162 g/mol. The number of nitrogens with zero attached hydrogens (tertiary/aromatic N) is 1. The lowest BCUT2D eigenvalue weighted by Crippen LogP contribution is -2.18. The van der Waals surface area contributed by atoms with Gasteiger partial charge in [-0.3, -0.25) is 0 Å². The summed E-state index contributed by atoms with van der Waals surface area (Å²) >= 11 is 0. The first-order chi connectivity index (χ1) is 6.22. The Morgan fingerprint density at radius 3 is 2.85 bits per heavy atom. The molecule has 0 saturated heterocycles. The summed E-state index contributed by atoms with van der Waals surface area (Å²) in [5.41, 5.74) is 0. The largest absolute Gasteiger partial charge is 0.353 e. The minimum absolute atomic E-state index is 0.487. The van der Waals surface area contributed by atoms with Crippen LogP contribution in [0.25, 0.3) is 0 Å². The normalized spacial score (nSPS) is 15.3. The molecule has 0 amide bonds. The number of nitrogens with one attached hydrogen (secondary N) is 2. The standard InChI is InChI=1S/C10H19N3/c1-4-8(2)7-9(3)13-10-11-5-6-12-10/h5-6,8-9H,4,7H2,1-3H3,(H2,11,12,13). The van der Waals surface area contributed by atoms with E-state index in [2.05, 4.69) is 36.1 Å². The van der Waals surface area contributed by atoms with Crippen LogP contribution in [0.5, 0.6) is 0 Å². The lowest BCUT2D eigenvalue weighted by atomic mass is 10.0. The van der Waals surface area contributed by atoms with Crippen molar-refractivity contribution in [2.24, 2.45) is 5.92 Å². The molecule has 0 aliphatic carbocycles. The minimum Gasteiger partial charge on any atom is -0.353 e. The molecule has 2 N–H and O–H groups in total. The van der Waals surface area contributed by atoms with E-state index >= 15 is 0 Å². The molecule has 0 radical (unpaired) electrons. The van der Waals surface area contributed by atoms with Gasteiger partial charge in [0.25, 0.3) is 0 Å². The Bertz CT molecular complexity index is 218. The summed E-state index contributed by atoms with van der Waals surface area (Å²) in [6.45, 7) is 6.69. The average Bonchev–Trinajstić information content (AvgIpc) is 2.56. The molecule has 1 aromatic heterocycles. The first kappa shape index (κ1) is 10.1. The monoisotopic (exact) mass is 181 g/mol. The number of aromatic nitrogens is 2. The van der Waals surface area contributed by atoms with Gasteiger partial charge in [-0.2, -0.15) is 0 Å². The predicted molar refractivity (Wildman–Crippen MR) is 55.7 cm³/mol. The van der Waals surface area contributed by atoms with Gasteiger partial charge in [0.2, 0.25) is 0 Å². The second kappa shape index (κ2) is 4.90. The molecule has 0 fully saturated rings. The number of hydrogen-bond acceptors (Lipinski definition) is 2. The third-order valence-electron chi connectivity index (χ3n) is 2.33. The zero-order chi connectivity index (χ0) is 9.68. The second-order valence-corrected chi connectivity index (χ2v) is 3.73. The van der Waals surface area contributed by atoms with Crippen molar-refractivity contribution in [3.63, 3.8) is 0 Å². The lowest BCUT2D eigenvalue weighted by Gasteiger charge is -2.16. The van der Waals surface area contributed by atoms with Gasteiger partial charge >= 0.3 is 0 Å². The number of imidazole rings is 1. The maximum Gasteiger partial charge on any atom is 0.200 e. The van der Waals surface area contributed by atoms with E-state index in [1.54, 1.807) is 6.20 Å². The van der Waals surface area contributed by atoms with Crippen molar-refractivity contribution in [1.29, 1.82) is 0 Å². The average molecular weight is 181 g/mol. The molecule has 3 heteroatoms. The van der Waals surface area contributed by atoms with Crippen LogP contribution >= 0.6 is 0 Å². The Morgan fingerprint density at radius 2 is 2.31 bits per heavy atom. The van der Waals surface area contributed by atoms with E-state index in [-0.39, 0.29) is 0 Å². The van der Waals surface area contributed by atoms with Crippen molar-refractivity contribution in [3.05, 3.63) is 12.4 Å². The minimum atomic E-state index is 0.487. The van der Waals surface area contributed by atoms with E-state index in [4.69, 9.17) is 0 Å². The van der Waals surface area contributed by atoms with Crippen LogP contribution in [0.15, 0.2) is 12.4 Å². The molecule has 0 bridgehead atoms. The lowest BCUT2D eigenvalue weighted by molar-refractivity contribution is 0.482. The highest BCUT2D eigenvalue weighted by atomic mass is 15.1. The number of anilines is 1. The molecule has 0 aromatic carbocycles. The number of hydrogen-bond donors (Lipinski definition) is 2. The van der Waals surface area contributed by atoms with Crippen molar-refractivity contribution >= 4 is 5.95 Å². The van der Waals surface area contributed by atoms with Crippen molar-refractivity contribution in [2.45, 2.75) is 39.7 Å². The zero-order valence-electron chi connectivity index (χ0n) is 8.67. The van der Waals surface area contributed by atoms with Crippen molar-refractivity contribution in [1.82, 2.24) is 9.97 Å². The van der Waals surface area contributed by atoms with Gasteiger partial charge in [0.1, 0.15) is 0 Å². The molecule has 1 aromatic rings. The predicted octanol–water partition coefficient (Wildman–Crippen LogP) is 2.65. The highest BCUT2D eigenvalue weighted by Crippen LogP contribution is 2.11. The van der Waals surface area contributed by atoms with Gasteiger partial charge < -0.3 is 10.3 Å². The molecule has 2 unspecified atom stereocenters. The first-order valence-corrected chi connectivity index (χ1v) is 4.98. The SMILES string of the molecule is CCC(C)CC(C)Nc1ncc[nH]1. The van der Waals surface area contributed by atoms with Crippen LogP contribution in [0.1, 0.15) is 33.6 Å². The van der Waals surface area contributed by atoms with Crippen molar-refractivity contribution < 1.29 is 0 Å². The third kappa shape index (κ3) is 3.49. The molecule has 1 heterocycles. The van der Waals surface area contributed by atoms with Gasteiger partial charge in [-0.1, -0.05) is 20.3 Å². The molecule has 2 atom stereocenters. The maximum absolute atomic E-state index is 4.12. The van der Waals surface area contributed by atoms with E-state index in [1.165, 1.54) is 12.8 Å². The summed E-state index contributed by atoms with van der Waals surface area (Å²) in [6.07, 6.45) is 6.03. The van der Waals surface area contributed by atoms with Crippen LogP contribution in [0.4, 0.5) is 5.95 Å². The fraction of sp³-hybridized carbons (Fsp3) is 0.700. The highest BCUT2D eigenvalue weighted by molar-refractivity contribution is 5.24. The van der Waals surface area contributed by atoms with Gasteiger partial charge in [0.15, 0.2) is 5.95 Å². The number of H-pyrrole nitrogens is 1. The summed E-state index contributed by atoms with van der Waals surface area (Å²) in [5, 5.41) is 3.32. The number of rotatable bonds is 5. The Hall–Kier alpha value is -0.990. The molecule has 1 rings (SSSR count). The van der Waals surface area contributed by atoms with Crippen LogP contribution in [0.3, 0.4) is 0 Å². The highest BCUT2D eigenvalue weighted by Gasteiger charge is 2.07. The maximum atomic E-state index is 4.12. The van der Waals surface area contributed by atoms with Gasteiger partial charge in [0, 0.05) is 18.4 Å². The molecule has 0 aliphatic heterocycles. The summed E-state index contributed by atoms with van der Waals surface area (Å²) in [5.74, 6) is 1.65. The van der Waals surface area contributed by atoms with Crippen LogP contribution in [0.2, 0.25) is 0 Å². The smallest absolute Gasteiger partial charge is 0.200 e. The molecule has 0 spiro atoms. The summed E-state index contributed by atoms with van der Waals surface area (Å²) in [7, 11) is 0. The molecule has 74 valence electrons.